The summed E-state index contributed by atoms with van der Waals surface area (Å²) in [7, 11) is 0. The Balaban J connectivity index is 2.85. The van der Waals surface area contributed by atoms with Crippen LogP contribution in [-0.2, 0) is 48.2 Å². The molecule has 276 valence electrons. The number of esters is 3. The van der Waals surface area contributed by atoms with Crippen LogP contribution in [-0.4, -0.2) is 85.9 Å². The van der Waals surface area contributed by atoms with Crippen molar-refractivity contribution in [3.05, 3.63) is 31.5 Å². The van der Waals surface area contributed by atoms with Crippen LogP contribution >= 0.6 is 35.3 Å². The lowest BCUT2D eigenvalue weighted by molar-refractivity contribution is -0.144. The Hall–Kier alpha value is -2.13. The van der Waals surface area contributed by atoms with Crippen molar-refractivity contribution in [2.75, 3.05) is 54.3 Å². The van der Waals surface area contributed by atoms with Gasteiger partial charge in [-0.2, -0.15) is 35.3 Å². The summed E-state index contributed by atoms with van der Waals surface area (Å²) in [5.41, 5.74) is -2.69. The van der Waals surface area contributed by atoms with Gasteiger partial charge in [0.05, 0.1) is 19.6 Å². The van der Waals surface area contributed by atoms with Crippen molar-refractivity contribution in [2.45, 2.75) is 117 Å². The molecule has 0 aliphatic rings. The molecule has 0 aromatic carbocycles. The Bertz CT molecular complexity index is 1060. The zero-order valence-corrected chi connectivity index (χ0v) is 31.7. The average Bonchev–Trinajstić information content (AvgIpc) is 3.07. The minimum absolute atomic E-state index is 0.226. The van der Waals surface area contributed by atoms with Gasteiger partial charge in [0.1, 0.15) is 19.8 Å². The van der Waals surface area contributed by atoms with E-state index in [9.17, 15) is 28.8 Å². The third kappa shape index (κ3) is 19.8. The maximum atomic E-state index is 13.2. The quantitative estimate of drug-likeness (QED) is 0.0611. The summed E-state index contributed by atoms with van der Waals surface area (Å²) >= 11 is 5.36. The summed E-state index contributed by atoms with van der Waals surface area (Å²) in [6.07, 6.45) is 9.43. The summed E-state index contributed by atoms with van der Waals surface area (Å²) in [6, 6.07) is 0. The first-order valence-corrected chi connectivity index (χ1v) is 20.9. The van der Waals surface area contributed by atoms with E-state index in [1.165, 1.54) is 0 Å². The van der Waals surface area contributed by atoms with E-state index in [2.05, 4.69) is 20.8 Å². The smallest absolute Gasteiger partial charge is 0.336 e. The fourth-order valence-electron chi connectivity index (χ4n) is 4.23. The van der Waals surface area contributed by atoms with Gasteiger partial charge in [0.2, 0.25) is 0 Å². The molecule has 0 unspecified atom stereocenters. The van der Waals surface area contributed by atoms with Gasteiger partial charge in [-0.15, -0.1) is 0 Å². The molecule has 0 bridgehead atoms. The van der Waals surface area contributed by atoms with Crippen LogP contribution in [0.4, 0.5) is 0 Å². The zero-order valence-electron chi connectivity index (χ0n) is 29.2. The van der Waals surface area contributed by atoms with Crippen molar-refractivity contribution in [3.8, 4) is 0 Å². The van der Waals surface area contributed by atoms with E-state index in [0.29, 0.717) is 19.3 Å². The molecule has 0 N–H and O–H groups in total. The van der Waals surface area contributed by atoms with Crippen LogP contribution in [0.2, 0.25) is 0 Å². The molecule has 0 aliphatic heterocycles. The van der Waals surface area contributed by atoms with Crippen molar-refractivity contribution in [1.29, 1.82) is 0 Å². The van der Waals surface area contributed by atoms with Crippen LogP contribution in [0.25, 0.3) is 0 Å². The largest absolute Gasteiger partial charge is 0.464 e. The summed E-state index contributed by atoms with van der Waals surface area (Å²) in [6.45, 7) is 4.90. The minimum Gasteiger partial charge on any atom is -0.464 e. The van der Waals surface area contributed by atoms with Gasteiger partial charge in [-0.05, 0) is 73.0 Å². The van der Waals surface area contributed by atoms with Gasteiger partial charge in [-0.25, -0.2) is 28.1 Å². The second-order valence-electron chi connectivity index (χ2n) is 11.2. The van der Waals surface area contributed by atoms with E-state index in [-0.39, 0.29) is 58.7 Å². The predicted octanol–water partition coefficient (Wildman–Crippen LogP) is 4.74. The maximum absolute atomic E-state index is 13.2. The Morgan fingerprint density at radius 3 is 0.958 bits per heavy atom. The molecule has 0 saturated heterocycles. The van der Waals surface area contributed by atoms with Gasteiger partial charge in [0, 0.05) is 19.3 Å². The second-order valence-corrected chi connectivity index (χ2v) is 14.8. The Morgan fingerprint density at radius 2 is 0.708 bits per heavy atom. The Labute approximate surface area is 297 Å². The molecule has 0 atom stereocenters. The van der Waals surface area contributed by atoms with E-state index < -0.39 is 35.0 Å². The van der Waals surface area contributed by atoms with Gasteiger partial charge < -0.3 is 14.2 Å². The predicted molar refractivity (Wildman–Crippen MR) is 196 cm³/mol. The van der Waals surface area contributed by atoms with Gasteiger partial charge >= 0.3 is 35.0 Å². The monoisotopic (exact) mass is 735 g/mol. The van der Waals surface area contributed by atoms with Gasteiger partial charge in [-0.3, -0.25) is 14.4 Å². The van der Waals surface area contributed by atoms with Crippen molar-refractivity contribution in [1.82, 2.24) is 13.7 Å². The number of hydrogen-bond acceptors (Lipinski definition) is 12. The van der Waals surface area contributed by atoms with Crippen LogP contribution in [0.5, 0.6) is 0 Å². The number of hydrogen-bond donors (Lipinski definition) is 0. The zero-order chi connectivity index (χ0) is 35.4. The van der Waals surface area contributed by atoms with Crippen LogP contribution in [0.1, 0.15) is 97.8 Å². The van der Waals surface area contributed by atoms with Crippen molar-refractivity contribution in [3.63, 3.8) is 0 Å². The topological polar surface area (TPSA) is 145 Å². The fourth-order valence-corrected chi connectivity index (χ4v) is 7.36. The standard InChI is InChI=1S/C33H57N3O9S3/c1-4-7-22-46-25-10-13-28(37)43-19-16-34-31(40)35(17-20-44-29(38)14-11-26-47-23-8-5-2)33(42)36(32(34)41)18-21-45-30(39)15-12-27-48-24-9-6-3/h4-27H2,1-3H3. The summed E-state index contributed by atoms with van der Waals surface area (Å²) < 4.78 is 18.3. The fraction of sp³-hybridized carbons (Fsp3) is 0.818. The van der Waals surface area contributed by atoms with E-state index in [1.54, 1.807) is 35.3 Å². The Kier molecular flexibility index (Phi) is 26.2. The Morgan fingerprint density at radius 1 is 0.458 bits per heavy atom. The molecule has 0 fully saturated rings. The maximum Gasteiger partial charge on any atom is 0.336 e. The first-order valence-electron chi connectivity index (χ1n) is 17.4. The molecule has 0 aliphatic carbocycles. The summed E-state index contributed by atoms with van der Waals surface area (Å²) in [4.78, 5) is 76.4. The molecule has 0 saturated carbocycles. The average molecular weight is 736 g/mol. The minimum atomic E-state index is -0.898. The van der Waals surface area contributed by atoms with Gasteiger partial charge in [0.25, 0.3) is 0 Å². The lowest BCUT2D eigenvalue weighted by atomic mass is 10.3. The molecule has 1 aromatic heterocycles. The lowest BCUT2D eigenvalue weighted by Gasteiger charge is -2.14. The molecule has 15 heteroatoms. The normalized spacial score (nSPS) is 11.1. The molecule has 0 amide bonds. The molecule has 1 aromatic rings. The molecule has 1 heterocycles. The number of ether oxygens (including phenoxy) is 3. The molecule has 12 nitrogen and oxygen atoms in total. The molecule has 0 spiro atoms. The van der Waals surface area contributed by atoms with Gasteiger partial charge in [-0.1, -0.05) is 40.0 Å². The molecular weight excluding hydrogens is 679 g/mol. The third-order valence-electron chi connectivity index (χ3n) is 7.05. The van der Waals surface area contributed by atoms with Crippen LogP contribution in [0.15, 0.2) is 14.4 Å². The number of rotatable bonds is 30. The number of carbonyl (C=O) groups excluding carboxylic acids is 3. The number of carbonyl (C=O) groups is 3. The van der Waals surface area contributed by atoms with E-state index in [0.717, 1.165) is 86.7 Å². The molecule has 0 radical (unpaired) electrons. The van der Waals surface area contributed by atoms with Crippen LogP contribution in [0.3, 0.4) is 0 Å². The summed E-state index contributed by atoms with van der Waals surface area (Å²) in [5.74, 6) is 4.37. The highest BCUT2D eigenvalue weighted by atomic mass is 32.2. The third-order valence-corrected chi connectivity index (χ3v) is 10.5. The first-order chi connectivity index (χ1) is 23.3. The molecule has 48 heavy (non-hydrogen) atoms. The first kappa shape index (κ1) is 43.9. The number of thioether (sulfide) groups is 3. The highest BCUT2D eigenvalue weighted by Crippen LogP contribution is 2.10. The van der Waals surface area contributed by atoms with E-state index in [1.807, 2.05) is 0 Å². The number of aromatic nitrogens is 3. The van der Waals surface area contributed by atoms with E-state index >= 15 is 0 Å². The van der Waals surface area contributed by atoms with Crippen LogP contribution in [0, 0.1) is 0 Å². The number of nitrogens with zero attached hydrogens (tertiary/aromatic N) is 3. The van der Waals surface area contributed by atoms with Gasteiger partial charge in [0.15, 0.2) is 0 Å². The van der Waals surface area contributed by atoms with Crippen molar-refractivity contribution in [2.24, 2.45) is 0 Å². The SMILES string of the molecule is CCCCSCCCC(=O)OCCn1c(=O)n(CCOC(=O)CCCSCCCC)c(=O)n(CCOC(=O)CCCSCCCC)c1=O. The summed E-state index contributed by atoms with van der Waals surface area (Å²) in [5, 5.41) is 0. The van der Waals surface area contributed by atoms with E-state index in [4.69, 9.17) is 14.2 Å². The highest BCUT2D eigenvalue weighted by Gasteiger charge is 2.17. The molecular formula is C33H57N3O9S3. The lowest BCUT2D eigenvalue weighted by Crippen LogP contribution is -2.55. The highest BCUT2D eigenvalue weighted by molar-refractivity contribution is 7.99. The van der Waals surface area contributed by atoms with Crippen molar-refractivity contribution < 1.29 is 28.6 Å². The van der Waals surface area contributed by atoms with Crippen LogP contribution < -0.4 is 17.1 Å². The second kappa shape index (κ2) is 28.7. The van der Waals surface area contributed by atoms with Crippen molar-refractivity contribution >= 4 is 53.2 Å². The molecule has 1 rings (SSSR count). The number of unbranched alkanes of at least 4 members (excludes halogenated alkanes) is 3.